The van der Waals surface area contributed by atoms with E-state index in [0.29, 0.717) is 23.4 Å². The van der Waals surface area contributed by atoms with E-state index >= 15 is 0 Å². The van der Waals surface area contributed by atoms with Gasteiger partial charge in [-0.1, -0.05) is 63.6 Å². The predicted molar refractivity (Wildman–Crippen MR) is 141 cm³/mol. The van der Waals surface area contributed by atoms with Crippen molar-refractivity contribution >= 4 is 23.5 Å². The van der Waals surface area contributed by atoms with Crippen LogP contribution in [0.5, 0.6) is 0 Å². The first-order chi connectivity index (χ1) is 17.3. The van der Waals surface area contributed by atoms with Gasteiger partial charge < -0.3 is 15.3 Å². The Morgan fingerprint density at radius 2 is 1.64 bits per heavy atom. The molecule has 1 heterocycles. The van der Waals surface area contributed by atoms with E-state index in [4.69, 9.17) is 0 Å². The van der Waals surface area contributed by atoms with Crippen molar-refractivity contribution in [2.45, 2.75) is 52.6 Å². The van der Waals surface area contributed by atoms with Crippen molar-refractivity contribution in [3.8, 4) is 11.1 Å². The number of hydrogen-bond donors (Lipinski definition) is 2. The molecule has 1 aliphatic heterocycles. The molecule has 0 fully saturated rings. The fourth-order valence-electron chi connectivity index (χ4n) is 4.66. The van der Waals surface area contributed by atoms with E-state index in [2.05, 4.69) is 12.2 Å². The second-order valence-corrected chi connectivity index (χ2v) is 9.66. The largest absolute Gasteiger partial charge is 0.480 e. The van der Waals surface area contributed by atoms with Crippen LogP contribution in [0.1, 0.15) is 65.5 Å². The van der Waals surface area contributed by atoms with Gasteiger partial charge in [0, 0.05) is 23.4 Å². The van der Waals surface area contributed by atoms with E-state index in [1.807, 2.05) is 80.6 Å². The van der Waals surface area contributed by atoms with Gasteiger partial charge in [-0.15, -0.1) is 0 Å². The van der Waals surface area contributed by atoms with Crippen LogP contribution in [0.25, 0.3) is 11.1 Å². The lowest BCUT2D eigenvalue weighted by molar-refractivity contribution is -0.144. The first kappa shape index (κ1) is 25.2. The Morgan fingerprint density at radius 3 is 2.25 bits per heavy atom. The molecule has 0 unspecified atom stereocenters. The number of carbonyl (C=O) groups excluding carboxylic acids is 2. The maximum absolute atomic E-state index is 13.0. The lowest BCUT2D eigenvalue weighted by Gasteiger charge is -2.27. The smallest absolute Gasteiger partial charge is 0.326 e. The molecule has 3 aromatic carbocycles. The summed E-state index contributed by atoms with van der Waals surface area (Å²) in [6, 6.07) is 20.0. The molecule has 186 valence electrons. The lowest BCUT2D eigenvalue weighted by Crippen LogP contribution is -2.44. The summed E-state index contributed by atoms with van der Waals surface area (Å²) in [5.41, 5.74) is 5.67. The number of rotatable bonds is 9. The molecule has 0 saturated heterocycles. The Labute approximate surface area is 212 Å². The summed E-state index contributed by atoms with van der Waals surface area (Å²) in [7, 11) is 0. The third-order valence-electron chi connectivity index (χ3n) is 6.67. The number of aliphatic carboxylic acids is 1. The van der Waals surface area contributed by atoms with Gasteiger partial charge in [0.2, 0.25) is 0 Å². The van der Waals surface area contributed by atoms with Crippen molar-refractivity contribution in [1.82, 2.24) is 4.90 Å². The predicted octanol–water partition coefficient (Wildman–Crippen LogP) is 6.01. The van der Waals surface area contributed by atoms with Crippen molar-refractivity contribution in [3.05, 3.63) is 89.0 Å². The quantitative estimate of drug-likeness (QED) is 0.389. The van der Waals surface area contributed by atoms with Crippen LogP contribution < -0.4 is 5.32 Å². The Kier molecular flexibility index (Phi) is 7.53. The van der Waals surface area contributed by atoms with Crippen LogP contribution in [0, 0.1) is 5.92 Å². The van der Waals surface area contributed by atoms with E-state index in [1.165, 1.54) is 10.5 Å². The van der Waals surface area contributed by atoms with Gasteiger partial charge in [-0.25, -0.2) is 4.79 Å². The molecule has 6 nitrogen and oxygen atoms in total. The molecule has 0 aromatic heterocycles. The van der Waals surface area contributed by atoms with E-state index < -0.39 is 12.0 Å². The Hall–Kier alpha value is -3.93. The van der Waals surface area contributed by atoms with Gasteiger partial charge in [0.05, 0.1) is 0 Å². The molecule has 0 bridgehead atoms. The molecule has 0 radical (unpaired) electrons. The fraction of sp³-hybridized carbons (Fsp3) is 0.300. The number of benzene rings is 3. The van der Waals surface area contributed by atoms with E-state index in [1.54, 1.807) is 0 Å². The minimum absolute atomic E-state index is 0.161. The zero-order valence-corrected chi connectivity index (χ0v) is 21.0. The highest BCUT2D eigenvalue weighted by atomic mass is 16.4. The second-order valence-electron chi connectivity index (χ2n) is 9.66. The number of carbonyl (C=O) groups is 3. The number of hydrogen-bond acceptors (Lipinski definition) is 3. The highest BCUT2D eigenvalue weighted by molar-refractivity contribution is 6.04. The molecule has 2 amide bonds. The molecule has 36 heavy (non-hydrogen) atoms. The summed E-state index contributed by atoms with van der Waals surface area (Å²) >= 11 is 0. The number of carboxylic acid groups (broad SMARTS) is 1. The second kappa shape index (κ2) is 10.8. The van der Waals surface area contributed by atoms with E-state index in [-0.39, 0.29) is 17.7 Å². The monoisotopic (exact) mass is 484 g/mol. The fourth-order valence-corrected chi connectivity index (χ4v) is 4.66. The Morgan fingerprint density at radius 1 is 0.972 bits per heavy atom. The standard InChI is InChI=1S/C30H32N2O4/c1-4-5-6-20-7-9-22(10-8-20)28(33)31-25-15-13-21(14-16-25)23-11-12-24-18-32(29(34)26(24)17-23)27(19(2)3)30(35)36/h7-17,19,27H,4-6,18H2,1-3H3,(H,31,33)(H,35,36)/t27-/m0/s1. The molecular formula is C30H32N2O4. The third-order valence-corrected chi connectivity index (χ3v) is 6.67. The number of unbranched alkanes of at least 4 members (excludes halogenated alkanes) is 1. The number of amides is 2. The molecule has 1 aliphatic rings. The maximum atomic E-state index is 13.0. The minimum Gasteiger partial charge on any atom is -0.480 e. The number of fused-ring (bicyclic) bond motifs is 1. The van der Waals surface area contributed by atoms with Crippen LogP contribution in [-0.4, -0.2) is 33.8 Å². The van der Waals surface area contributed by atoms with Gasteiger partial charge in [-0.2, -0.15) is 0 Å². The molecule has 3 aromatic rings. The summed E-state index contributed by atoms with van der Waals surface area (Å²) < 4.78 is 0. The number of anilines is 1. The van der Waals surface area contributed by atoms with Gasteiger partial charge in [0.25, 0.3) is 11.8 Å². The van der Waals surface area contributed by atoms with Crippen molar-refractivity contribution < 1.29 is 19.5 Å². The van der Waals surface area contributed by atoms with Crippen LogP contribution in [0.2, 0.25) is 0 Å². The Bertz CT molecular complexity index is 1260. The average Bonchev–Trinajstić information content (AvgIpc) is 3.18. The highest BCUT2D eigenvalue weighted by Crippen LogP contribution is 2.31. The minimum atomic E-state index is -0.989. The van der Waals surface area contributed by atoms with Crippen molar-refractivity contribution in [2.75, 3.05) is 5.32 Å². The lowest BCUT2D eigenvalue weighted by atomic mass is 10.00. The number of carboxylic acids is 1. The maximum Gasteiger partial charge on any atom is 0.326 e. The number of aryl methyl sites for hydroxylation is 1. The molecular weight excluding hydrogens is 452 g/mol. The summed E-state index contributed by atoms with van der Waals surface area (Å²) in [6.45, 7) is 6.08. The van der Waals surface area contributed by atoms with E-state index in [9.17, 15) is 19.5 Å². The van der Waals surface area contributed by atoms with Crippen molar-refractivity contribution in [2.24, 2.45) is 5.92 Å². The van der Waals surface area contributed by atoms with Crippen LogP contribution in [-0.2, 0) is 17.8 Å². The molecule has 0 spiro atoms. The SMILES string of the molecule is CCCCc1ccc(C(=O)Nc2ccc(-c3ccc4c(c3)C(=O)N([C@H](C(=O)O)C(C)C)C4)cc2)cc1. The summed E-state index contributed by atoms with van der Waals surface area (Å²) in [5, 5.41) is 12.5. The van der Waals surface area contributed by atoms with Crippen LogP contribution in [0.4, 0.5) is 5.69 Å². The molecule has 0 saturated carbocycles. The molecule has 4 rings (SSSR count). The van der Waals surface area contributed by atoms with Gasteiger partial charge in [-0.05, 0) is 71.3 Å². The Balaban J connectivity index is 1.45. The topological polar surface area (TPSA) is 86.7 Å². The van der Waals surface area contributed by atoms with E-state index in [0.717, 1.165) is 36.0 Å². The van der Waals surface area contributed by atoms with Crippen LogP contribution in [0.3, 0.4) is 0 Å². The third kappa shape index (κ3) is 5.33. The van der Waals surface area contributed by atoms with Crippen molar-refractivity contribution in [1.29, 1.82) is 0 Å². The molecule has 0 aliphatic carbocycles. The van der Waals surface area contributed by atoms with Gasteiger partial charge >= 0.3 is 5.97 Å². The summed E-state index contributed by atoms with van der Waals surface area (Å²) in [6.07, 6.45) is 3.29. The van der Waals surface area contributed by atoms with Gasteiger partial charge in [0.1, 0.15) is 6.04 Å². The zero-order valence-electron chi connectivity index (χ0n) is 21.0. The molecule has 2 N–H and O–H groups in total. The summed E-state index contributed by atoms with van der Waals surface area (Å²) in [5.74, 6) is -1.60. The normalized spacial score (nSPS) is 13.6. The highest BCUT2D eigenvalue weighted by Gasteiger charge is 2.38. The molecule has 6 heteroatoms. The average molecular weight is 485 g/mol. The molecule has 1 atom stereocenters. The number of nitrogens with one attached hydrogen (secondary N) is 1. The summed E-state index contributed by atoms with van der Waals surface area (Å²) in [4.78, 5) is 38.9. The first-order valence-corrected chi connectivity index (χ1v) is 12.5. The van der Waals surface area contributed by atoms with Crippen LogP contribution >= 0.6 is 0 Å². The zero-order chi connectivity index (χ0) is 25.8. The first-order valence-electron chi connectivity index (χ1n) is 12.5. The van der Waals surface area contributed by atoms with Crippen molar-refractivity contribution in [3.63, 3.8) is 0 Å². The number of nitrogens with zero attached hydrogens (tertiary/aromatic N) is 1. The van der Waals surface area contributed by atoms with Gasteiger partial charge in [0.15, 0.2) is 0 Å². The van der Waals surface area contributed by atoms with Crippen LogP contribution in [0.15, 0.2) is 66.7 Å². The van der Waals surface area contributed by atoms with Gasteiger partial charge in [-0.3, -0.25) is 9.59 Å².